The lowest BCUT2D eigenvalue weighted by atomic mass is 9.85. The predicted octanol–water partition coefficient (Wildman–Crippen LogP) is 3.61. The molecule has 0 bridgehead atoms. The second-order valence-corrected chi connectivity index (χ2v) is 4.45. The number of hydrogen-bond donors (Lipinski definition) is 0. The summed E-state index contributed by atoms with van der Waals surface area (Å²) in [6, 6.07) is 0. The van der Waals surface area contributed by atoms with Gasteiger partial charge in [-0.3, -0.25) is 0 Å². The maximum Gasteiger partial charge on any atom is -0.0360 e. The second-order valence-electron chi connectivity index (χ2n) is 4.45. The Kier molecular flexibility index (Phi) is 2.20. The van der Waals surface area contributed by atoms with Crippen LogP contribution in [0, 0.1) is 17.8 Å². The summed E-state index contributed by atoms with van der Waals surface area (Å²) >= 11 is 0. The zero-order chi connectivity index (χ0) is 7.68. The average Bonchev–Trinajstić information content (AvgIpc) is 2.68. The lowest BCUT2D eigenvalue weighted by Gasteiger charge is -2.21. The molecule has 0 radical (unpaired) electrons. The number of hydrogen-bond acceptors (Lipinski definition) is 0. The van der Waals surface area contributed by atoms with E-state index in [4.69, 9.17) is 0 Å². The van der Waals surface area contributed by atoms with E-state index in [9.17, 15) is 0 Å². The van der Waals surface area contributed by atoms with Gasteiger partial charge in [0, 0.05) is 0 Å². The fraction of sp³-hybridized carbons (Fsp3) is 1.00. The first-order valence-corrected chi connectivity index (χ1v) is 5.42. The molecule has 2 saturated carbocycles. The molecule has 11 heavy (non-hydrogen) atoms. The Morgan fingerprint density at radius 3 is 2.00 bits per heavy atom. The summed E-state index contributed by atoms with van der Waals surface area (Å²) in [5, 5.41) is 0. The Labute approximate surface area is 70.4 Å². The molecule has 2 aliphatic rings. The summed E-state index contributed by atoms with van der Waals surface area (Å²) in [5.74, 6) is 3.41. The SMILES string of the molecule is CCC(C1CCCC1)C1CC1. The Hall–Kier alpha value is 0. The van der Waals surface area contributed by atoms with Gasteiger partial charge in [-0.1, -0.05) is 39.0 Å². The van der Waals surface area contributed by atoms with Gasteiger partial charge in [-0.25, -0.2) is 0 Å². The first-order chi connectivity index (χ1) is 5.42. The third-order valence-electron chi connectivity index (χ3n) is 3.70. The first-order valence-electron chi connectivity index (χ1n) is 5.42. The monoisotopic (exact) mass is 152 g/mol. The molecule has 0 spiro atoms. The minimum atomic E-state index is 1.12. The molecule has 0 aromatic carbocycles. The summed E-state index contributed by atoms with van der Waals surface area (Å²) in [7, 11) is 0. The van der Waals surface area contributed by atoms with Crippen molar-refractivity contribution < 1.29 is 0 Å². The van der Waals surface area contributed by atoms with Crippen molar-refractivity contribution in [2.75, 3.05) is 0 Å². The smallest absolute Gasteiger partial charge is 0.0360 e. The molecule has 0 nitrogen and oxygen atoms in total. The third kappa shape index (κ3) is 1.60. The van der Waals surface area contributed by atoms with E-state index in [0.717, 1.165) is 17.8 Å². The van der Waals surface area contributed by atoms with Crippen molar-refractivity contribution in [3.8, 4) is 0 Å². The van der Waals surface area contributed by atoms with E-state index in [2.05, 4.69) is 6.92 Å². The molecule has 0 aromatic heterocycles. The minimum absolute atomic E-state index is 1.12. The van der Waals surface area contributed by atoms with Crippen LogP contribution in [0.5, 0.6) is 0 Å². The van der Waals surface area contributed by atoms with Crippen molar-refractivity contribution in [2.24, 2.45) is 17.8 Å². The zero-order valence-corrected chi connectivity index (χ0v) is 7.68. The Bertz CT molecular complexity index is 118. The van der Waals surface area contributed by atoms with Crippen LogP contribution < -0.4 is 0 Å². The van der Waals surface area contributed by atoms with E-state index in [1.54, 1.807) is 25.7 Å². The quantitative estimate of drug-likeness (QED) is 0.579. The van der Waals surface area contributed by atoms with E-state index < -0.39 is 0 Å². The lowest BCUT2D eigenvalue weighted by Crippen LogP contribution is -2.12. The van der Waals surface area contributed by atoms with Gasteiger partial charge in [0.25, 0.3) is 0 Å². The van der Waals surface area contributed by atoms with Crippen LogP contribution >= 0.6 is 0 Å². The average molecular weight is 152 g/mol. The molecule has 1 unspecified atom stereocenters. The van der Waals surface area contributed by atoms with Crippen molar-refractivity contribution in [3.63, 3.8) is 0 Å². The second kappa shape index (κ2) is 3.16. The highest BCUT2D eigenvalue weighted by Crippen LogP contribution is 2.46. The van der Waals surface area contributed by atoms with E-state index in [1.807, 2.05) is 0 Å². The van der Waals surface area contributed by atoms with Crippen LogP contribution in [-0.4, -0.2) is 0 Å². The van der Waals surface area contributed by atoms with E-state index in [1.165, 1.54) is 19.3 Å². The Morgan fingerprint density at radius 1 is 1.00 bits per heavy atom. The first kappa shape index (κ1) is 7.64. The third-order valence-corrected chi connectivity index (χ3v) is 3.70. The van der Waals surface area contributed by atoms with Crippen LogP contribution in [0.4, 0.5) is 0 Å². The van der Waals surface area contributed by atoms with Crippen molar-refractivity contribution in [3.05, 3.63) is 0 Å². The van der Waals surface area contributed by atoms with Crippen LogP contribution in [0.3, 0.4) is 0 Å². The lowest BCUT2D eigenvalue weighted by molar-refractivity contribution is 0.292. The summed E-state index contributed by atoms with van der Waals surface area (Å²) in [4.78, 5) is 0. The van der Waals surface area contributed by atoms with Crippen molar-refractivity contribution in [1.82, 2.24) is 0 Å². The summed E-state index contributed by atoms with van der Waals surface area (Å²) in [6.07, 6.45) is 10.7. The zero-order valence-electron chi connectivity index (χ0n) is 7.68. The highest BCUT2D eigenvalue weighted by atomic mass is 14.4. The predicted molar refractivity (Wildman–Crippen MR) is 48.5 cm³/mol. The highest BCUT2D eigenvalue weighted by Gasteiger charge is 2.35. The molecule has 0 amide bonds. The molecular formula is C11H20. The van der Waals surface area contributed by atoms with E-state index >= 15 is 0 Å². The van der Waals surface area contributed by atoms with E-state index in [-0.39, 0.29) is 0 Å². The molecule has 0 aliphatic heterocycles. The fourth-order valence-electron chi connectivity index (χ4n) is 2.96. The van der Waals surface area contributed by atoms with Gasteiger partial charge in [0.1, 0.15) is 0 Å². The van der Waals surface area contributed by atoms with Gasteiger partial charge in [-0.15, -0.1) is 0 Å². The number of rotatable bonds is 3. The molecule has 2 rings (SSSR count). The molecule has 0 N–H and O–H groups in total. The van der Waals surface area contributed by atoms with Crippen LogP contribution in [0.15, 0.2) is 0 Å². The molecule has 0 heteroatoms. The van der Waals surface area contributed by atoms with Gasteiger partial charge < -0.3 is 0 Å². The van der Waals surface area contributed by atoms with Crippen molar-refractivity contribution in [2.45, 2.75) is 51.9 Å². The van der Waals surface area contributed by atoms with Crippen molar-refractivity contribution in [1.29, 1.82) is 0 Å². The summed E-state index contributed by atoms with van der Waals surface area (Å²) < 4.78 is 0. The molecule has 64 valence electrons. The van der Waals surface area contributed by atoms with Gasteiger partial charge in [-0.05, 0) is 30.6 Å². The minimum Gasteiger partial charge on any atom is -0.0651 e. The van der Waals surface area contributed by atoms with Crippen LogP contribution in [0.25, 0.3) is 0 Å². The Balaban J connectivity index is 1.87. The maximum atomic E-state index is 2.39. The molecule has 0 heterocycles. The molecular weight excluding hydrogens is 132 g/mol. The van der Waals surface area contributed by atoms with E-state index in [0.29, 0.717) is 0 Å². The highest BCUT2D eigenvalue weighted by molar-refractivity contribution is 4.86. The molecule has 2 aliphatic carbocycles. The standard InChI is InChI=1S/C11H20/c1-2-11(10-7-8-10)9-5-3-4-6-9/h9-11H,2-8H2,1H3. The molecule has 2 fully saturated rings. The largest absolute Gasteiger partial charge is 0.0651 e. The van der Waals surface area contributed by atoms with Gasteiger partial charge >= 0.3 is 0 Å². The summed E-state index contributed by atoms with van der Waals surface area (Å²) in [6.45, 7) is 2.39. The molecule has 0 saturated heterocycles. The maximum absolute atomic E-state index is 2.39. The molecule has 0 aromatic rings. The van der Waals surface area contributed by atoms with Gasteiger partial charge in [0.05, 0.1) is 0 Å². The van der Waals surface area contributed by atoms with Gasteiger partial charge in [0.2, 0.25) is 0 Å². The van der Waals surface area contributed by atoms with Crippen LogP contribution in [-0.2, 0) is 0 Å². The molecule has 1 atom stereocenters. The summed E-state index contributed by atoms with van der Waals surface area (Å²) in [5.41, 5.74) is 0. The van der Waals surface area contributed by atoms with Gasteiger partial charge in [0.15, 0.2) is 0 Å². The van der Waals surface area contributed by atoms with Crippen LogP contribution in [0.1, 0.15) is 51.9 Å². The van der Waals surface area contributed by atoms with Gasteiger partial charge in [-0.2, -0.15) is 0 Å². The van der Waals surface area contributed by atoms with Crippen LogP contribution in [0.2, 0.25) is 0 Å². The topological polar surface area (TPSA) is 0 Å². The van der Waals surface area contributed by atoms with Crippen molar-refractivity contribution >= 4 is 0 Å². The Morgan fingerprint density at radius 2 is 1.55 bits per heavy atom. The fourth-order valence-corrected chi connectivity index (χ4v) is 2.96. The normalized spacial score (nSPS) is 29.2.